The van der Waals surface area contributed by atoms with Crippen LogP contribution in [0.5, 0.6) is 5.75 Å². The van der Waals surface area contributed by atoms with Gasteiger partial charge in [-0.05, 0) is 29.7 Å². The molecule has 7 heteroatoms. The second kappa shape index (κ2) is 7.60. The number of halogens is 1. The SMILES string of the molecule is Cl.O=C(NCc1ccc2c(c1)CCO2)[C@H]1[C@@H]2CNC[C@@H](C2)c2cccc(=O)n21. The lowest BCUT2D eigenvalue weighted by Crippen LogP contribution is -2.52. The van der Waals surface area contributed by atoms with Crippen LogP contribution in [-0.4, -0.2) is 30.2 Å². The highest BCUT2D eigenvalue weighted by molar-refractivity contribution is 5.85. The van der Waals surface area contributed by atoms with Gasteiger partial charge in [-0.3, -0.25) is 14.2 Å². The van der Waals surface area contributed by atoms with Gasteiger partial charge < -0.3 is 15.4 Å². The van der Waals surface area contributed by atoms with Gasteiger partial charge in [0, 0.05) is 49.7 Å². The average Bonchev–Trinajstić information content (AvgIpc) is 3.15. The van der Waals surface area contributed by atoms with Crippen molar-refractivity contribution < 1.29 is 9.53 Å². The molecule has 2 aromatic rings. The summed E-state index contributed by atoms with van der Waals surface area (Å²) in [7, 11) is 0. The van der Waals surface area contributed by atoms with E-state index in [0.717, 1.165) is 49.5 Å². The van der Waals surface area contributed by atoms with Gasteiger partial charge in [0.25, 0.3) is 5.56 Å². The van der Waals surface area contributed by atoms with E-state index in [0.29, 0.717) is 12.5 Å². The number of ether oxygens (including phenoxy) is 1. The quantitative estimate of drug-likeness (QED) is 0.822. The van der Waals surface area contributed by atoms with Gasteiger partial charge in [0.2, 0.25) is 5.91 Å². The Bertz CT molecular complexity index is 958. The molecule has 0 aliphatic carbocycles. The van der Waals surface area contributed by atoms with Gasteiger partial charge in [0.05, 0.1) is 6.61 Å². The first-order valence-corrected chi connectivity index (χ1v) is 9.65. The number of pyridine rings is 1. The summed E-state index contributed by atoms with van der Waals surface area (Å²) >= 11 is 0. The highest BCUT2D eigenvalue weighted by atomic mass is 35.5. The van der Waals surface area contributed by atoms with Crippen molar-refractivity contribution >= 4 is 18.3 Å². The van der Waals surface area contributed by atoms with Crippen LogP contribution in [0.25, 0.3) is 0 Å². The Kier molecular flexibility index (Phi) is 5.17. The largest absolute Gasteiger partial charge is 0.493 e. The molecule has 3 aliphatic rings. The van der Waals surface area contributed by atoms with E-state index in [1.807, 2.05) is 18.2 Å². The number of aromatic nitrogens is 1. The van der Waals surface area contributed by atoms with Crippen molar-refractivity contribution in [3.8, 4) is 5.75 Å². The molecule has 0 spiro atoms. The summed E-state index contributed by atoms with van der Waals surface area (Å²) in [6.45, 7) is 2.82. The van der Waals surface area contributed by atoms with Gasteiger partial charge in [-0.25, -0.2) is 0 Å². The molecule has 0 radical (unpaired) electrons. The van der Waals surface area contributed by atoms with Gasteiger partial charge in [0.15, 0.2) is 0 Å². The fraction of sp³-hybridized carbons (Fsp3) is 0.429. The van der Waals surface area contributed by atoms with E-state index in [9.17, 15) is 9.59 Å². The third-order valence-electron chi connectivity index (χ3n) is 6.04. The molecule has 2 N–H and O–H groups in total. The predicted octanol–water partition coefficient (Wildman–Crippen LogP) is 1.77. The molecule has 0 unspecified atom stereocenters. The van der Waals surface area contributed by atoms with Crippen LogP contribution in [0.4, 0.5) is 0 Å². The van der Waals surface area contributed by atoms with E-state index in [4.69, 9.17) is 4.74 Å². The zero-order chi connectivity index (χ0) is 18.4. The van der Waals surface area contributed by atoms with Gasteiger partial charge >= 0.3 is 0 Å². The van der Waals surface area contributed by atoms with Crippen LogP contribution in [-0.2, 0) is 17.8 Å². The molecular weight excluding hydrogens is 378 g/mol. The van der Waals surface area contributed by atoms with E-state index < -0.39 is 6.04 Å². The lowest BCUT2D eigenvalue weighted by Gasteiger charge is -2.42. The summed E-state index contributed by atoms with van der Waals surface area (Å²) in [6, 6.07) is 10.9. The van der Waals surface area contributed by atoms with E-state index in [1.165, 1.54) is 5.56 Å². The number of hydrogen-bond donors (Lipinski definition) is 2. The predicted molar refractivity (Wildman–Crippen MR) is 108 cm³/mol. The van der Waals surface area contributed by atoms with E-state index in [2.05, 4.69) is 16.7 Å². The molecule has 1 aromatic carbocycles. The van der Waals surface area contributed by atoms with Gasteiger partial charge in [-0.1, -0.05) is 18.2 Å². The third kappa shape index (κ3) is 3.20. The molecule has 1 saturated heterocycles. The highest BCUT2D eigenvalue weighted by Crippen LogP contribution is 2.38. The summed E-state index contributed by atoms with van der Waals surface area (Å²) in [6.07, 6.45) is 1.86. The number of carbonyl (C=O) groups excluding carboxylic acids is 1. The minimum Gasteiger partial charge on any atom is -0.493 e. The molecule has 1 fully saturated rings. The zero-order valence-electron chi connectivity index (χ0n) is 15.5. The second-order valence-corrected chi connectivity index (χ2v) is 7.71. The summed E-state index contributed by atoms with van der Waals surface area (Å²) in [5, 5.41) is 6.49. The maximum absolute atomic E-state index is 13.1. The van der Waals surface area contributed by atoms with Gasteiger partial charge in [-0.2, -0.15) is 0 Å². The molecular formula is C21H24ClN3O3. The second-order valence-electron chi connectivity index (χ2n) is 7.71. The van der Waals surface area contributed by atoms with Crippen molar-refractivity contribution in [1.29, 1.82) is 0 Å². The molecule has 1 amide bonds. The van der Waals surface area contributed by atoms with Crippen LogP contribution in [0.15, 0.2) is 41.2 Å². The Morgan fingerprint density at radius 3 is 3.04 bits per heavy atom. The molecule has 3 aliphatic heterocycles. The highest BCUT2D eigenvalue weighted by Gasteiger charge is 2.41. The summed E-state index contributed by atoms with van der Waals surface area (Å²) < 4.78 is 7.27. The number of rotatable bonds is 3. The van der Waals surface area contributed by atoms with Gasteiger partial charge in [0.1, 0.15) is 11.8 Å². The Labute approximate surface area is 169 Å². The van der Waals surface area contributed by atoms with E-state index in [1.54, 1.807) is 16.7 Å². The van der Waals surface area contributed by atoms with Crippen LogP contribution in [0.3, 0.4) is 0 Å². The molecule has 0 saturated carbocycles. The fourth-order valence-corrected chi connectivity index (χ4v) is 4.77. The van der Waals surface area contributed by atoms with Crippen molar-refractivity contribution in [2.24, 2.45) is 5.92 Å². The summed E-state index contributed by atoms with van der Waals surface area (Å²) in [5.74, 6) is 1.31. The maximum Gasteiger partial charge on any atom is 0.251 e. The minimum absolute atomic E-state index is 0. The topological polar surface area (TPSA) is 72.4 Å². The molecule has 2 bridgehead atoms. The number of fused-ring (bicyclic) bond motifs is 5. The molecule has 5 rings (SSSR count). The van der Waals surface area contributed by atoms with Crippen LogP contribution in [0.1, 0.15) is 35.2 Å². The van der Waals surface area contributed by atoms with Crippen LogP contribution >= 0.6 is 12.4 Å². The monoisotopic (exact) mass is 401 g/mol. The lowest BCUT2D eigenvalue weighted by atomic mass is 9.79. The minimum atomic E-state index is -0.449. The first-order chi connectivity index (χ1) is 13.2. The number of hydrogen-bond acceptors (Lipinski definition) is 4. The standard InChI is InChI=1S/C21H23N3O3.ClH/c25-19-3-1-2-17-15-9-16(12-22-11-15)20(24(17)19)21(26)23-10-13-4-5-18-14(8-13)6-7-27-18;/h1-5,8,15-16,20,22H,6-7,9-12H2,(H,23,26);1H/t15-,16+,20-;/m1./s1. The van der Waals surface area contributed by atoms with E-state index >= 15 is 0 Å². The molecule has 28 heavy (non-hydrogen) atoms. The molecule has 4 heterocycles. The zero-order valence-corrected chi connectivity index (χ0v) is 16.3. The Morgan fingerprint density at radius 2 is 2.14 bits per heavy atom. The third-order valence-corrected chi connectivity index (χ3v) is 6.04. The number of nitrogens with zero attached hydrogens (tertiary/aromatic N) is 1. The van der Waals surface area contributed by atoms with Crippen molar-refractivity contribution in [1.82, 2.24) is 15.2 Å². The first kappa shape index (κ1) is 19.0. The summed E-state index contributed by atoms with van der Waals surface area (Å²) in [5.41, 5.74) is 3.14. The Hall–Kier alpha value is -2.31. The van der Waals surface area contributed by atoms with Crippen LogP contribution in [0.2, 0.25) is 0 Å². The molecule has 6 nitrogen and oxygen atoms in total. The van der Waals surface area contributed by atoms with Crippen LogP contribution < -0.4 is 20.9 Å². The number of amides is 1. The molecule has 1 aromatic heterocycles. The van der Waals surface area contributed by atoms with Crippen LogP contribution in [0, 0.1) is 5.92 Å². The normalized spacial score (nSPS) is 24.4. The molecule has 3 atom stereocenters. The number of nitrogens with one attached hydrogen (secondary N) is 2. The fourth-order valence-electron chi connectivity index (χ4n) is 4.77. The number of carbonyl (C=O) groups is 1. The van der Waals surface area contributed by atoms with Crippen molar-refractivity contribution in [2.45, 2.75) is 31.3 Å². The Balaban J connectivity index is 0.00000192. The Morgan fingerprint density at radius 1 is 1.25 bits per heavy atom. The van der Waals surface area contributed by atoms with Crippen molar-refractivity contribution in [2.75, 3.05) is 19.7 Å². The number of piperidine rings is 1. The molecule has 148 valence electrons. The average molecular weight is 402 g/mol. The lowest BCUT2D eigenvalue weighted by molar-refractivity contribution is -0.127. The van der Waals surface area contributed by atoms with E-state index in [-0.39, 0.29) is 29.8 Å². The number of benzene rings is 1. The first-order valence-electron chi connectivity index (χ1n) is 9.65. The van der Waals surface area contributed by atoms with Crippen molar-refractivity contribution in [3.63, 3.8) is 0 Å². The van der Waals surface area contributed by atoms with Crippen molar-refractivity contribution in [3.05, 3.63) is 63.6 Å². The maximum atomic E-state index is 13.1. The smallest absolute Gasteiger partial charge is 0.251 e. The van der Waals surface area contributed by atoms with Gasteiger partial charge in [-0.15, -0.1) is 12.4 Å². The summed E-state index contributed by atoms with van der Waals surface area (Å²) in [4.78, 5) is 25.7.